The molecule has 136 valence electrons. The molecule has 0 aliphatic heterocycles. The Bertz CT molecular complexity index is 1110. The first-order valence-electron chi connectivity index (χ1n) is 8.46. The lowest BCUT2D eigenvalue weighted by molar-refractivity contribution is -0.118. The number of H-pyrrole nitrogens is 1. The highest BCUT2D eigenvalue weighted by Crippen LogP contribution is 2.19. The number of aromatic nitrogens is 1. The maximum absolute atomic E-state index is 13.0. The van der Waals surface area contributed by atoms with Gasteiger partial charge in [-0.2, -0.15) is 5.26 Å². The van der Waals surface area contributed by atoms with Crippen LogP contribution < -0.4 is 10.9 Å². The van der Waals surface area contributed by atoms with Crippen molar-refractivity contribution >= 4 is 22.5 Å². The number of nitrogens with one attached hydrogen (secondary N) is 2. The van der Waals surface area contributed by atoms with Crippen LogP contribution in [0.2, 0.25) is 0 Å². The minimum absolute atomic E-state index is 0.0122. The van der Waals surface area contributed by atoms with Crippen molar-refractivity contribution < 1.29 is 9.18 Å². The molecule has 1 amide bonds. The minimum Gasteiger partial charge on any atom is -0.325 e. The van der Waals surface area contributed by atoms with Crippen molar-refractivity contribution in [2.45, 2.75) is 20.3 Å². The van der Waals surface area contributed by atoms with Crippen LogP contribution in [0.4, 0.5) is 10.1 Å². The van der Waals surface area contributed by atoms with Gasteiger partial charge in [0.05, 0.1) is 6.07 Å². The van der Waals surface area contributed by atoms with E-state index < -0.39 is 17.6 Å². The lowest BCUT2D eigenvalue weighted by Gasteiger charge is -2.11. The van der Waals surface area contributed by atoms with E-state index in [1.807, 2.05) is 32.0 Å². The van der Waals surface area contributed by atoms with Gasteiger partial charge >= 0.3 is 0 Å². The summed E-state index contributed by atoms with van der Waals surface area (Å²) >= 11 is 0. The Labute approximate surface area is 155 Å². The largest absolute Gasteiger partial charge is 0.325 e. The molecule has 5 nitrogen and oxygen atoms in total. The number of nitriles is 1. The van der Waals surface area contributed by atoms with Crippen LogP contribution in [0.1, 0.15) is 16.7 Å². The Morgan fingerprint density at radius 3 is 2.52 bits per heavy atom. The number of hydrogen-bond donors (Lipinski definition) is 2. The van der Waals surface area contributed by atoms with Gasteiger partial charge < -0.3 is 10.3 Å². The third-order valence-electron chi connectivity index (χ3n) is 4.54. The maximum atomic E-state index is 13.0. The summed E-state index contributed by atoms with van der Waals surface area (Å²) in [5.74, 6) is -2.00. The third kappa shape index (κ3) is 4.04. The highest BCUT2D eigenvalue weighted by molar-refractivity contribution is 5.94. The number of fused-ring (bicyclic) bond motifs is 1. The fraction of sp³-hybridized carbons (Fsp3) is 0.190. The van der Waals surface area contributed by atoms with Gasteiger partial charge in [-0.1, -0.05) is 0 Å². The molecule has 1 heterocycles. The molecule has 0 saturated carbocycles. The molecule has 0 fully saturated rings. The topological polar surface area (TPSA) is 85.8 Å². The molecule has 0 bridgehead atoms. The summed E-state index contributed by atoms with van der Waals surface area (Å²) in [6.07, 6.45) is -0.0122. The number of carbonyl (C=O) groups excluding carboxylic acids is 1. The summed E-state index contributed by atoms with van der Waals surface area (Å²) in [5, 5.41) is 12.8. The normalized spacial score (nSPS) is 11.8. The summed E-state index contributed by atoms with van der Waals surface area (Å²) in [6.45, 7) is 3.94. The van der Waals surface area contributed by atoms with Crippen LogP contribution in [-0.2, 0) is 11.2 Å². The van der Waals surface area contributed by atoms with E-state index in [1.165, 1.54) is 24.3 Å². The number of nitrogens with zero attached hydrogens (tertiary/aromatic N) is 1. The average molecular weight is 363 g/mol. The molecule has 0 aliphatic carbocycles. The van der Waals surface area contributed by atoms with Gasteiger partial charge in [-0.15, -0.1) is 0 Å². The average Bonchev–Trinajstić information content (AvgIpc) is 2.63. The molecule has 27 heavy (non-hydrogen) atoms. The molecule has 6 heteroatoms. The van der Waals surface area contributed by atoms with E-state index in [-0.39, 0.29) is 12.0 Å². The summed E-state index contributed by atoms with van der Waals surface area (Å²) in [6, 6.07) is 12.8. The van der Waals surface area contributed by atoms with Crippen molar-refractivity contribution in [1.82, 2.24) is 4.98 Å². The first-order valence-corrected chi connectivity index (χ1v) is 8.46. The van der Waals surface area contributed by atoms with Crippen LogP contribution >= 0.6 is 0 Å². The van der Waals surface area contributed by atoms with Crippen molar-refractivity contribution in [2.75, 3.05) is 5.32 Å². The highest BCUT2D eigenvalue weighted by atomic mass is 19.1. The number of hydrogen-bond acceptors (Lipinski definition) is 3. The second kappa shape index (κ2) is 7.42. The van der Waals surface area contributed by atoms with Crippen LogP contribution in [-0.4, -0.2) is 10.9 Å². The van der Waals surface area contributed by atoms with E-state index in [0.717, 1.165) is 22.0 Å². The van der Waals surface area contributed by atoms with Gasteiger partial charge in [0.2, 0.25) is 5.91 Å². The molecule has 3 aromatic rings. The van der Waals surface area contributed by atoms with Crippen molar-refractivity contribution in [1.29, 1.82) is 5.26 Å². The lowest BCUT2D eigenvalue weighted by atomic mass is 9.98. The molecular formula is C21H18FN3O2. The van der Waals surface area contributed by atoms with E-state index in [9.17, 15) is 19.2 Å². The monoisotopic (exact) mass is 363 g/mol. The van der Waals surface area contributed by atoms with Gasteiger partial charge in [0.25, 0.3) is 5.56 Å². The fourth-order valence-corrected chi connectivity index (χ4v) is 2.85. The van der Waals surface area contributed by atoms with Gasteiger partial charge in [-0.25, -0.2) is 4.39 Å². The summed E-state index contributed by atoms with van der Waals surface area (Å²) < 4.78 is 13.0. The van der Waals surface area contributed by atoms with Crippen LogP contribution in [0, 0.1) is 36.9 Å². The maximum Gasteiger partial charge on any atom is 0.251 e. The predicted molar refractivity (Wildman–Crippen MR) is 102 cm³/mol. The number of aryl methyl sites for hydroxylation is 2. The number of pyridine rings is 1. The van der Waals surface area contributed by atoms with Crippen LogP contribution in [0.25, 0.3) is 10.9 Å². The van der Waals surface area contributed by atoms with Crippen molar-refractivity contribution in [3.63, 3.8) is 0 Å². The molecule has 0 radical (unpaired) electrons. The second-order valence-electron chi connectivity index (χ2n) is 6.53. The molecular weight excluding hydrogens is 345 g/mol. The first kappa shape index (κ1) is 18.3. The van der Waals surface area contributed by atoms with E-state index in [1.54, 1.807) is 6.07 Å². The molecule has 1 atom stereocenters. The number of carbonyl (C=O) groups is 1. The van der Waals surface area contributed by atoms with Gasteiger partial charge in [-0.05, 0) is 72.8 Å². The zero-order valence-electron chi connectivity index (χ0n) is 15.0. The number of rotatable bonds is 4. The van der Waals surface area contributed by atoms with Crippen LogP contribution in [0.5, 0.6) is 0 Å². The second-order valence-corrected chi connectivity index (χ2v) is 6.53. The van der Waals surface area contributed by atoms with Crippen molar-refractivity contribution in [2.24, 2.45) is 5.92 Å². The van der Waals surface area contributed by atoms with E-state index in [2.05, 4.69) is 10.3 Å². The smallest absolute Gasteiger partial charge is 0.251 e. The number of aromatic amines is 1. The number of benzene rings is 2. The molecule has 1 aromatic heterocycles. The number of anilines is 1. The Kier molecular flexibility index (Phi) is 5.04. The lowest BCUT2D eigenvalue weighted by Crippen LogP contribution is -2.26. The van der Waals surface area contributed by atoms with Gasteiger partial charge in [0.1, 0.15) is 11.7 Å². The summed E-state index contributed by atoms with van der Waals surface area (Å²) in [7, 11) is 0. The molecule has 2 aromatic carbocycles. The number of amides is 1. The van der Waals surface area contributed by atoms with Crippen LogP contribution in [0.3, 0.4) is 0 Å². The van der Waals surface area contributed by atoms with Gasteiger partial charge in [0.15, 0.2) is 0 Å². The Hall–Kier alpha value is -3.46. The molecule has 0 aliphatic rings. The highest BCUT2D eigenvalue weighted by Gasteiger charge is 2.20. The van der Waals surface area contributed by atoms with Crippen LogP contribution in [0.15, 0.2) is 47.3 Å². The molecule has 1 unspecified atom stereocenters. The van der Waals surface area contributed by atoms with Crippen molar-refractivity contribution in [3.8, 4) is 6.07 Å². The third-order valence-corrected chi connectivity index (χ3v) is 4.54. The van der Waals surface area contributed by atoms with Gasteiger partial charge in [-0.3, -0.25) is 9.59 Å². The van der Waals surface area contributed by atoms with E-state index in [0.29, 0.717) is 11.3 Å². The SMILES string of the molecule is Cc1cc2cc(CC(C#N)C(=O)Nc3ccc(F)cc3)c(=O)[nH]c2cc1C. The molecule has 0 saturated heterocycles. The fourth-order valence-electron chi connectivity index (χ4n) is 2.85. The summed E-state index contributed by atoms with van der Waals surface area (Å²) in [4.78, 5) is 27.5. The van der Waals surface area contributed by atoms with E-state index in [4.69, 9.17) is 0 Å². The zero-order chi connectivity index (χ0) is 19.6. The number of halogens is 1. The Balaban J connectivity index is 1.85. The molecule has 3 rings (SSSR count). The van der Waals surface area contributed by atoms with Gasteiger partial charge in [0, 0.05) is 23.2 Å². The minimum atomic E-state index is -1.04. The van der Waals surface area contributed by atoms with E-state index >= 15 is 0 Å². The Morgan fingerprint density at radius 1 is 1.19 bits per heavy atom. The standard InChI is InChI=1S/C21H18FN3O2/c1-12-7-14-9-15(20(26)25-19(14)8-13(12)2)10-16(11-23)21(27)24-18-5-3-17(22)4-6-18/h3-9,16H,10H2,1-2H3,(H,24,27)(H,25,26). The summed E-state index contributed by atoms with van der Waals surface area (Å²) in [5.41, 5.74) is 3.31. The van der Waals surface area contributed by atoms with Crippen molar-refractivity contribution in [3.05, 3.63) is 75.3 Å². The predicted octanol–water partition coefficient (Wildman–Crippen LogP) is 3.61. The molecule has 2 N–H and O–H groups in total. The quantitative estimate of drug-likeness (QED) is 0.742. The Morgan fingerprint density at radius 2 is 1.85 bits per heavy atom. The first-order chi connectivity index (χ1) is 12.9. The zero-order valence-corrected chi connectivity index (χ0v) is 15.0. The molecule has 0 spiro atoms.